The number of amidine groups is 1. The largest absolute Gasteiger partial charge is 0.387 e. The third kappa shape index (κ3) is 4.25. The highest BCUT2D eigenvalue weighted by molar-refractivity contribution is 5.81. The monoisotopic (exact) mass is 197 g/mol. The van der Waals surface area contributed by atoms with Crippen molar-refractivity contribution in [3.63, 3.8) is 0 Å². The van der Waals surface area contributed by atoms with E-state index in [1.807, 2.05) is 0 Å². The highest BCUT2D eigenvalue weighted by atomic mass is 16.2. The topological polar surface area (TPSA) is 67.5 Å². The lowest BCUT2D eigenvalue weighted by molar-refractivity contribution is -0.122. The quantitative estimate of drug-likeness (QED) is 0.373. The summed E-state index contributed by atoms with van der Waals surface area (Å²) in [5, 5.41) is 2.84. The number of carbonyl (C=O) groups excluding carboxylic acids is 1. The first-order valence-electron chi connectivity index (χ1n) is 5.30. The molecule has 0 heterocycles. The number of hydrogen-bond acceptors (Lipinski definition) is 2. The van der Waals surface area contributed by atoms with Crippen LogP contribution in [0.15, 0.2) is 4.99 Å². The minimum absolute atomic E-state index is 0.175. The number of aliphatic imine (C=N–C) groups is 1. The number of nitrogens with two attached hydrogens (primary N) is 1. The van der Waals surface area contributed by atoms with Crippen molar-refractivity contribution >= 4 is 11.7 Å². The Kier molecular flexibility index (Phi) is 4.43. The van der Waals surface area contributed by atoms with Crippen LogP contribution >= 0.6 is 0 Å². The van der Waals surface area contributed by atoms with E-state index in [1.165, 1.54) is 0 Å². The lowest BCUT2D eigenvalue weighted by Gasteiger charge is -2.02. The SMILES string of the molecule is CCCC(N)=NCCNC(=O)C1CC1. The Labute approximate surface area is 85.0 Å². The van der Waals surface area contributed by atoms with Crippen molar-refractivity contribution in [2.45, 2.75) is 32.6 Å². The lowest BCUT2D eigenvalue weighted by Crippen LogP contribution is -2.28. The summed E-state index contributed by atoms with van der Waals surface area (Å²) in [7, 11) is 0. The molecule has 80 valence electrons. The van der Waals surface area contributed by atoms with Crippen molar-refractivity contribution in [2.75, 3.05) is 13.1 Å². The van der Waals surface area contributed by atoms with E-state index in [1.54, 1.807) is 0 Å². The summed E-state index contributed by atoms with van der Waals surface area (Å²) in [6.45, 7) is 3.28. The van der Waals surface area contributed by atoms with Gasteiger partial charge in [-0.05, 0) is 19.3 Å². The van der Waals surface area contributed by atoms with Gasteiger partial charge in [-0.1, -0.05) is 6.92 Å². The van der Waals surface area contributed by atoms with Crippen LogP contribution in [0.4, 0.5) is 0 Å². The Balaban J connectivity index is 2.02. The van der Waals surface area contributed by atoms with Crippen LogP contribution in [0.2, 0.25) is 0 Å². The second-order valence-corrected chi connectivity index (χ2v) is 3.69. The van der Waals surface area contributed by atoms with Crippen LogP contribution in [-0.2, 0) is 4.79 Å². The molecule has 3 N–H and O–H groups in total. The van der Waals surface area contributed by atoms with Crippen molar-refractivity contribution in [1.29, 1.82) is 0 Å². The number of nitrogens with one attached hydrogen (secondary N) is 1. The van der Waals surface area contributed by atoms with Crippen LogP contribution in [0.3, 0.4) is 0 Å². The van der Waals surface area contributed by atoms with Gasteiger partial charge in [0.15, 0.2) is 0 Å². The Bertz CT molecular complexity index is 221. The van der Waals surface area contributed by atoms with Gasteiger partial charge in [0.1, 0.15) is 0 Å². The van der Waals surface area contributed by atoms with Gasteiger partial charge >= 0.3 is 0 Å². The average molecular weight is 197 g/mol. The van der Waals surface area contributed by atoms with Gasteiger partial charge < -0.3 is 11.1 Å². The summed E-state index contributed by atoms with van der Waals surface area (Å²) in [5.41, 5.74) is 5.61. The molecule has 1 amide bonds. The zero-order valence-electron chi connectivity index (χ0n) is 8.75. The van der Waals surface area contributed by atoms with Crippen molar-refractivity contribution < 1.29 is 4.79 Å². The fraction of sp³-hybridized carbons (Fsp3) is 0.800. The Morgan fingerprint density at radius 2 is 2.29 bits per heavy atom. The second kappa shape index (κ2) is 5.62. The van der Waals surface area contributed by atoms with Gasteiger partial charge in [-0.2, -0.15) is 0 Å². The molecular weight excluding hydrogens is 178 g/mol. The fourth-order valence-corrected chi connectivity index (χ4v) is 1.20. The van der Waals surface area contributed by atoms with Gasteiger partial charge in [-0.25, -0.2) is 0 Å². The highest BCUT2D eigenvalue weighted by Crippen LogP contribution is 2.28. The summed E-state index contributed by atoms with van der Waals surface area (Å²) in [5.74, 6) is 1.15. The molecule has 0 atom stereocenters. The molecule has 1 saturated carbocycles. The van der Waals surface area contributed by atoms with E-state index in [-0.39, 0.29) is 11.8 Å². The standard InChI is InChI=1S/C10H19N3O/c1-2-3-9(11)12-6-7-13-10(14)8-4-5-8/h8H,2-7H2,1H3,(H2,11,12)(H,13,14). The van der Waals surface area contributed by atoms with Crippen molar-refractivity contribution in [3.05, 3.63) is 0 Å². The lowest BCUT2D eigenvalue weighted by atomic mass is 10.3. The summed E-state index contributed by atoms with van der Waals surface area (Å²) in [6.07, 6.45) is 3.96. The molecule has 0 spiro atoms. The zero-order chi connectivity index (χ0) is 10.4. The van der Waals surface area contributed by atoms with Gasteiger partial charge in [-0.3, -0.25) is 9.79 Å². The van der Waals surface area contributed by atoms with Crippen molar-refractivity contribution in [2.24, 2.45) is 16.6 Å². The summed E-state index contributed by atoms with van der Waals surface area (Å²) >= 11 is 0. The molecule has 4 nitrogen and oxygen atoms in total. The van der Waals surface area contributed by atoms with Crippen LogP contribution in [0.1, 0.15) is 32.6 Å². The number of hydrogen-bond donors (Lipinski definition) is 2. The predicted octanol–water partition coefficient (Wildman–Crippen LogP) is 0.670. The van der Waals surface area contributed by atoms with E-state index in [0.29, 0.717) is 18.9 Å². The third-order valence-electron chi connectivity index (χ3n) is 2.18. The molecule has 14 heavy (non-hydrogen) atoms. The van der Waals surface area contributed by atoms with Crippen LogP contribution < -0.4 is 11.1 Å². The Hall–Kier alpha value is -1.06. The molecule has 0 radical (unpaired) electrons. The molecule has 0 saturated heterocycles. The number of amides is 1. The summed E-state index contributed by atoms with van der Waals surface area (Å²) in [4.78, 5) is 15.3. The first-order chi connectivity index (χ1) is 6.74. The second-order valence-electron chi connectivity index (χ2n) is 3.69. The smallest absolute Gasteiger partial charge is 0.223 e. The molecule has 1 fully saturated rings. The summed E-state index contributed by atoms with van der Waals surface area (Å²) < 4.78 is 0. The van der Waals surface area contributed by atoms with Crippen molar-refractivity contribution in [3.8, 4) is 0 Å². The Morgan fingerprint density at radius 1 is 1.57 bits per heavy atom. The molecule has 0 aliphatic heterocycles. The maximum atomic E-state index is 11.2. The number of carbonyl (C=O) groups is 1. The van der Waals surface area contributed by atoms with Crippen LogP contribution in [0.25, 0.3) is 0 Å². The minimum atomic E-state index is 0.175. The van der Waals surface area contributed by atoms with E-state index in [0.717, 1.165) is 25.7 Å². The maximum absolute atomic E-state index is 11.2. The van der Waals surface area contributed by atoms with Gasteiger partial charge in [-0.15, -0.1) is 0 Å². The normalized spacial score (nSPS) is 16.8. The van der Waals surface area contributed by atoms with E-state index >= 15 is 0 Å². The van der Waals surface area contributed by atoms with Gasteiger partial charge in [0, 0.05) is 18.9 Å². The fourth-order valence-electron chi connectivity index (χ4n) is 1.20. The molecule has 0 aromatic rings. The molecule has 0 aromatic carbocycles. The van der Waals surface area contributed by atoms with E-state index in [2.05, 4.69) is 17.2 Å². The zero-order valence-corrected chi connectivity index (χ0v) is 8.75. The van der Waals surface area contributed by atoms with Gasteiger partial charge in [0.05, 0.1) is 12.4 Å². The molecule has 1 rings (SSSR count). The van der Waals surface area contributed by atoms with Crippen LogP contribution in [0.5, 0.6) is 0 Å². The molecular formula is C10H19N3O. The average Bonchev–Trinajstić information content (AvgIpc) is 2.95. The first-order valence-corrected chi connectivity index (χ1v) is 5.30. The molecule has 4 heteroatoms. The molecule has 0 bridgehead atoms. The predicted molar refractivity (Wildman–Crippen MR) is 57.1 cm³/mol. The van der Waals surface area contributed by atoms with E-state index in [9.17, 15) is 4.79 Å². The molecule has 0 unspecified atom stereocenters. The van der Waals surface area contributed by atoms with E-state index < -0.39 is 0 Å². The van der Waals surface area contributed by atoms with Crippen LogP contribution in [-0.4, -0.2) is 24.8 Å². The number of nitrogens with zero attached hydrogens (tertiary/aromatic N) is 1. The van der Waals surface area contributed by atoms with Crippen LogP contribution in [0, 0.1) is 5.92 Å². The Morgan fingerprint density at radius 3 is 2.86 bits per heavy atom. The minimum Gasteiger partial charge on any atom is -0.387 e. The maximum Gasteiger partial charge on any atom is 0.223 e. The van der Waals surface area contributed by atoms with Gasteiger partial charge in [0.2, 0.25) is 5.91 Å². The first kappa shape index (κ1) is 11.0. The molecule has 0 aromatic heterocycles. The molecule has 1 aliphatic rings. The summed E-state index contributed by atoms with van der Waals surface area (Å²) in [6, 6.07) is 0. The van der Waals surface area contributed by atoms with Crippen molar-refractivity contribution in [1.82, 2.24) is 5.32 Å². The third-order valence-corrected chi connectivity index (χ3v) is 2.18. The van der Waals surface area contributed by atoms with Gasteiger partial charge in [0.25, 0.3) is 0 Å². The van der Waals surface area contributed by atoms with E-state index in [4.69, 9.17) is 5.73 Å². The highest BCUT2D eigenvalue weighted by Gasteiger charge is 2.28. The number of rotatable bonds is 6. The molecule has 1 aliphatic carbocycles.